The zero-order valence-electron chi connectivity index (χ0n) is 7.79. The highest BCUT2D eigenvalue weighted by Gasteiger charge is 2.56. The minimum atomic E-state index is -0.285. The molecule has 1 aliphatic rings. The molecule has 2 N–H and O–H groups in total. The van der Waals surface area contributed by atoms with Gasteiger partial charge in [-0.15, -0.1) is 0 Å². The highest BCUT2D eigenvalue weighted by atomic mass is 19.1. The largest absolute Gasteiger partial charge is 0.327 e. The van der Waals surface area contributed by atoms with Crippen LogP contribution in [0.3, 0.4) is 0 Å². The van der Waals surface area contributed by atoms with Gasteiger partial charge >= 0.3 is 0 Å². The summed E-state index contributed by atoms with van der Waals surface area (Å²) in [6, 6.07) is 1.66. The molecule has 0 saturated heterocycles. The van der Waals surface area contributed by atoms with E-state index in [1.54, 1.807) is 6.20 Å². The molecule has 2 atom stereocenters. The third-order valence-corrected chi connectivity index (χ3v) is 3.00. The fourth-order valence-electron chi connectivity index (χ4n) is 1.91. The number of aromatic nitrogens is 1. The lowest BCUT2D eigenvalue weighted by molar-refractivity contribution is 0.591. The zero-order valence-corrected chi connectivity index (χ0v) is 7.79. The van der Waals surface area contributed by atoms with Crippen molar-refractivity contribution in [3.8, 4) is 0 Å². The summed E-state index contributed by atoms with van der Waals surface area (Å²) in [6.07, 6.45) is 2.91. The molecule has 1 aromatic rings. The van der Waals surface area contributed by atoms with Gasteiger partial charge in [0.1, 0.15) is 5.82 Å². The van der Waals surface area contributed by atoms with Crippen molar-refractivity contribution < 1.29 is 4.39 Å². The quantitative estimate of drug-likeness (QED) is 0.714. The van der Waals surface area contributed by atoms with Crippen molar-refractivity contribution >= 4 is 0 Å². The van der Waals surface area contributed by atoms with Crippen LogP contribution < -0.4 is 5.73 Å². The Morgan fingerprint density at radius 1 is 1.46 bits per heavy atom. The van der Waals surface area contributed by atoms with Crippen LogP contribution in [0.15, 0.2) is 18.5 Å². The van der Waals surface area contributed by atoms with E-state index in [0.717, 1.165) is 5.56 Å². The molecule has 0 aromatic carbocycles. The van der Waals surface area contributed by atoms with E-state index in [4.69, 9.17) is 5.73 Å². The van der Waals surface area contributed by atoms with Crippen molar-refractivity contribution in [2.45, 2.75) is 25.8 Å². The third kappa shape index (κ3) is 1.23. The second-order valence-corrected chi connectivity index (χ2v) is 4.26. The van der Waals surface area contributed by atoms with Crippen molar-refractivity contribution in [3.63, 3.8) is 0 Å². The number of nitrogens with two attached hydrogens (primary N) is 1. The van der Waals surface area contributed by atoms with Crippen molar-refractivity contribution in [2.75, 3.05) is 0 Å². The maximum atomic E-state index is 12.8. The molecule has 1 heterocycles. The fraction of sp³-hybridized carbons (Fsp3) is 0.500. The third-order valence-electron chi connectivity index (χ3n) is 3.00. The van der Waals surface area contributed by atoms with E-state index >= 15 is 0 Å². The Bertz CT molecular complexity index is 335. The molecular weight excluding hydrogens is 167 g/mol. The van der Waals surface area contributed by atoms with Gasteiger partial charge in [-0.05, 0) is 17.0 Å². The predicted octanol–water partition coefficient (Wildman–Crippen LogP) is 1.67. The average molecular weight is 180 g/mol. The molecular formula is C10H13FN2. The summed E-state index contributed by atoms with van der Waals surface area (Å²) in [4.78, 5) is 3.81. The Hall–Kier alpha value is -0.960. The number of hydrogen-bond donors (Lipinski definition) is 1. The van der Waals surface area contributed by atoms with Gasteiger partial charge < -0.3 is 5.73 Å². The maximum absolute atomic E-state index is 12.8. The summed E-state index contributed by atoms with van der Waals surface area (Å²) in [7, 11) is 0. The number of nitrogens with zero attached hydrogens (tertiary/aromatic N) is 1. The molecule has 1 aromatic heterocycles. The number of rotatable bonds is 1. The summed E-state index contributed by atoms with van der Waals surface area (Å²) >= 11 is 0. The first-order valence-corrected chi connectivity index (χ1v) is 4.39. The van der Waals surface area contributed by atoms with Crippen LogP contribution in [-0.4, -0.2) is 11.0 Å². The Balaban J connectivity index is 2.29. The van der Waals surface area contributed by atoms with Crippen molar-refractivity contribution in [3.05, 3.63) is 29.8 Å². The summed E-state index contributed by atoms with van der Waals surface area (Å²) in [5, 5.41) is 0. The molecule has 0 unspecified atom stereocenters. The SMILES string of the molecule is CC1(C)[C@@H](N)[C@@H]1c1cncc(F)c1. The Kier molecular flexibility index (Phi) is 1.67. The fourth-order valence-corrected chi connectivity index (χ4v) is 1.91. The van der Waals surface area contributed by atoms with Crippen LogP contribution >= 0.6 is 0 Å². The first-order valence-electron chi connectivity index (χ1n) is 4.39. The Morgan fingerprint density at radius 2 is 2.08 bits per heavy atom. The van der Waals surface area contributed by atoms with Crippen LogP contribution in [0.2, 0.25) is 0 Å². The molecule has 70 valence electrons. The van der Waals surface area contributed by atoms with Crippen LogP contribution in [-0.2, 0) is 0 Å². The van der Waals surface area contributed by atoms with Gasteiger partial charge in [-0.1, -0.05) is 13.8 Å². The predicted molar refractivity (Wildman–Crippen MR) is 48.7 cm³/mol. The first kappa shape index (κ1) is 8.63. The van der Waals surface area contributed by atoms with Crippen LogP contribution in [0.5, 0.6) is 0 Å². The molecule has 1 fully saturated rings. The average Bonchev–Trinajstić information content (AvgIpc) is 2.51. The van der Waals surface area contributed by atoms with Gasteiger partial charge in [0.25, 0.3) is 0 Å². The van der Waals surface area contributed by atoms with E-state index in [9.17, 15) is 4.39 Å². The highest BCUT2D eigenvalue weighted by molar-refractivity contribution is 5.32. The lowest BCUT2D eigenvalue weighted by Gasteiger charge is -2.01. The lowest BCUT2D eigenvalue weighted by Crippen LogP contribution is -2.06. The molecule has 0 bridgehead atoms. The van der Waals surface area contributed by atoms with Gasteiger partial charge in [0.05, 0.1) is 6.20 Å². The number of pyridine rings is 1. The molecule has 0 radical (unpaired) electrons. The minimum Gasteiger partial charge on any atom is -0.327 e. The standard InChI is InChI=1S/C10H13FN2/c1-10(2)8(9(10)12)6-3-7(11)5-13-4-6/h3-5,8-9H,12H2,1-2H3/t8-,9-/m0/s1. The van der Waals surface area contributed by atoms with Gasteiger partial charge in [0.15, 0.2) is 0 Å². The monoisotopic (exact) mass is 180 g/mol. The minimum absolute atomic E-state index is 0.0927. The molecule has 3 heteroatoms. The second-order valence-electron chi connectivity index (χ2n) is 4.26. The van der Waals surface area contributed by atoms with E-state index < -0.39 is 0 Å². The van der Waals surface area contributed by atoms with Gasteiger partial charge in [0, 0.05) is 18.2 Å². The highest BCUT2D eigenvalue weighted by Crippen LogP contribution is 2.57. The number of halogens is 1. The normalized spacial score (nSPS) is 30.2. The van der Waals surface area contributed by atoms with Gasteiger partial charge in [0.2, 0.25) is 0 Å². The van der Waals surface area contributed by atoms with Gasteiger partial charge in [-0.3, -0.25) is 4.98 Å². The van der Waals surface area contributed by atoms with Gasteiger partial charge in [-0.2, -0.15) is 0 Å². The van der Waals surface area contributed by atoms with Crippen LogP contribution in [0.4, 0.5) is 4.39 Å². The van der Waals surface area contributed by atoms with Gasteiger partial charge in [-0.25, -0.2) is 4.39 Å². The maximum Gasteiger partial charge on any atom is 0.141 e. The van der Waals surface area contributed by atoms with E-state index in [1.165, 1.54) is 12.3 Å². The molecule has 0 aliphatic heterocycles. The van der Waals surface area contributed by atoms with Crippen molar-refractivity contribution in [1.29, 1.82) is 0 Å². The summed E-state index contributed by atoms with van der Waals surface area (Å²) in [5.74, 6) is -0.0249. The molecule has 13 heavy (non-hydrogen) atoms. The topological polar surface area (TPSA) is 38.9 Å². The zero-order chi connectivity index (χ0) is 9.64. The van der Waals surface area contributed by atoms with Crippen LogP contribution in [0, 0.1) is 11.2 Å². The first-order chi connectivity index (χ1) is 6.03. The second kappa shape index (κ2) is 2.51. The van der Waals surface area contributed by atoms with E-state index in [0.29, 0.717) is 0 Å². The van der Waals surface area contributed by atoms with E-state index in [2.05, 4.69) is 18.8 Å². The van der Waals surface area contributed by atoms with Crippen LogP contribution in [0.1, 0.15) is 25.3 Å². The molecule has 1 saturated carbocycles. The Morgan fingerprint density at radius 3 is 2.54 bits per heavy atom. The molecule has 1 aliphatic carbocycles. The summed E-state index contributed by atoms with van der Waals surface area (Å²) in [5.41, 5.74) is 6.88. The molecule has 2 rings (SSSR count). The molecule has 2 nitrogen and oxygen atoms in total. The molecule has 0 spiro atoms. The van der Waals surface area contributed by atoms with Crippen molar-refractivity contribution in [2.24, 2.45) is 11.1 Å². The van der Waals surface area contributed by atoms with E-state index in [1.807, 2.05) is 0 Å². The number of hydrogen-bond acceptors (Lipinski definition) is 2. The van der Waals surface area contributed by atoms with Crippen molar-refractivity contribution in [1.82, 2.24) is 4.98 Å². The lowest BCUT2D eigenvalue weighted by atomic mass is 10.1. The smallest absolute Gasteiger partial charge is 0.141 e. The summed E-state index contributed by atoms with van der Waals surface area (Å²) in [6.45, 7) is 4.18. The van der Waals surface area contributed by atoms with E-state index in [-0.39, 0.29) is 23.2 Å². The summed E-state index contributed by atoms with van der Waals surface area (Å²) < 4.78 is 12.8. The van der Waals surface area contributed by atoms with Crippen LogP contribution in [0.25, 0.3) is 0 Å². The molecule has 0 amide bonds. The Labute approximate surface area is 77.0 Å².